The van der Waals surface area contributed by atoms with E-state index >= 15 is 0 Å². The zero-order chi connectivity index (χ0) is 33.8. The van der Waals surface area contributed by atoms with Crippen LogP contribution < -0.4 is 0 Å². The topological polar surface area (TPSA) is 81.2 Å². The van der Waals surface area contributed by atoms with Gasteiger partial charge in [-0.25, -0.2) is 0 Å². The van der Waals surface area contributed by atoms with Crippen LogP contribution in [0, 0.1) is 34.0 Å². The molecule has 1 aliphatic rings. The molecule has 0 saturated heterocycles. The molecule has 0 saturated carbocycles. The molecule has 0 bridgehead atoms. The molecule has 8 aromatic rings. The average Bonchev–Trinajstić information content (AvgIpc) is 3.70. The van der Waals surface area contributed by atoms with E-state index in [4.69, 9.17) is 0 Å². The van der Waals surface area contributed by atoms with Crippen molar-refractivity contribution in [3.05, 3.63) is 161 Å². The van der Waals surface area contributed by atoms with E-state index in [0.717, 1.165) is 62.6 Å². The van der Waals surface area contributed by atoms with Crippen LogP contribution >= 0.6 is 0 Å². The van der Waals surface area contributed by atoms with Crippen LogP contribution in [0.4, 0.5) is 0 Å². The highest BCUT2D eigenvalue weighted by Crippen LogP contribution is 2.40. The van der Waals surface area contributed by atoms with Crippen molar-refractivity contribution in [3.63, 3.8) is 0 Å². The van der Waals surface area contributed by atoms with Gasteiger partial charge in [0.05, 0.1) is 45.0 Å². The molecule has 0 radical (unpaired) electrons. The lowest BCUT2D eigenvalue weighted by Crippen LogP contribution is -2.03. The van der Waals surface area contributed by atoms with Gasteiger partial charge >= 0.3 is 0 Å². The van der Waals surface area contributed by atoms with E-state index in [1.807, 2.05) is 48.5 Å². The number of hydrogen-bond acceptors (Lipinski definition) is 3. The summed E-state index contributed by atoms with van der Waals surface area (Å²) in [4.78, 5) is 0. The highest BCUT2D eigenvalue weighted by Gasteiger charge is 2.22. The molecule has 0 unspecified atom stereocenters. The Morgan fingerprint density at radius 2 is 1.28 bits per heavy atom. The second kappa shape index (κ2) is 11.5. The largest absolute Gasteiger partial charge is 0.310 e. The van der Waals surface area contributed by atoms with Crippen LogP contribution in [-0.2, 0) is 6.42 Å². The molecular formula is C45H27N5. The fourth-order valence-corrected chi connectivity index (χ4v) is 7.68. The summed E-state index contributed by atoms with van der Waals surface area (Å²) in [6.07, 6.45) is 6.62. The summed E-state index contributed by atoms with van der Waals surface area (Å²) >= 11 is 0. The highest BCUT2D eigenvalue weighted by molar-refractivity contribution is 6.10. The van der Waals surface area contributed by atoms with Crippen molar-refractivity contribution in [2.24, 2.45) is 0 Å². The Balaban J connectivity index is 1.20. The first-order chi connectivity index (χ1) is 24.7. The van der Waals surface area contributed by atoms with Crippen LogP contribution in [0.15, 0.2) is 133 Å². The Labute approximate surface area is 289 Å². The minimum atomic E-state index is 0.308. The van der Waals surface area contributed by atoms with Crippen molar-refractivity contribution in [2.45, 2.75) is 12.8 Å². The van der Waals surface area contributed by atoms with E-state index < -0.39 is 0 Å². The summed E-state index contributed by atoms with van der Waals surface area (Å²) < 4.78 is 4.43. The maximum Gasteiger partial charge on any atom is 0.103 e. The average molecular weight is 638 g/mol. The smallest absolute Gasteiger partial charge is 0.103 e. The van der Waals surface area contributed by atoms with Gasteiger partial charge in [-0.2, -0.15) is 15.8 Å². The third-order valence-corrected chi connectivity index (χ3v) is 9.92. The van der Waals surface area contributed by atoms with Crippen LogP contribution in [0.5, 0.6) is 0 Å². The molecule has 5 nitrogen and oxygen atoms in total. The highest BCUT2D eigenvalue weighted by atomic mass is 15.0. The second-order valence-corrected chi connectivity index (χ2v) is 12.6. The van der Waals surface area contributed by atoms with Crippen molar-refractivity contribution >= 4 is 38.8 Å². The van der Waals surface area contributed by atoms with Crippen LogP contribution in [0.1, 0.15) is 34.4 Å². The monoisotopic (exact) mass is 637 g/mol. The number of fused-ring (bicyclic) bond motifs is 6. The third kappa shape index (κ3) is 4.37. The molecule has 0 spiro atoms. The summed E-state index contributed by atoms with van der Waals surface area (Å²) in [6, 6.07) is 49.8. The van der Waals surface area contributed by atoms with E-state index in [-0.39, 0.29) is 0 Å². The molecule has 232 valence electrons. The Bertz CT molecular complexity index is 2840. The molecule has 50 heavy (non-hydrogen) atoms. The van der Waals surface area contributed by atoms with Gasteiger partial charge in [0, 0.05) is 33.1 Å². The number of nitriles is 3. The molecule has 0 fully saturated rings. The Hall–Kier alpha value is -7.13. The van der Waals surface area contributed by atoms with E-state index in [1.54, 1.807) is 12.1 Å². The summed E-state index contributed by atoms with van der Waals surface area (Å²) in [5, 5.41) is 33.5. The van der Waals surface area contributed by atoms with Gasteiger partial charge in [-0.3, -0.25) is 0 Å². The van der Waals surface area contributed by atoms with Crippen molar-refractivity contribution in [1.82, 2.24) is 9.13 Å². The van der Waals surface area contributed by atoms with Gasteiger partial charge in [-0.1, -0.05) is 78.9 Å². The number of rotatable bonds is 4. The zero-order valence-corrected chi connectivity index (χ0v) is 26.9. The number of aryl methyl sites for hydroxylation is 1. The van der Waals surface area contributed by atoms with Crippen LogP contribution in [0.25, 0.3) is 72.4 Å². The number of hydrogen-bond donors (Lipinski definition) is 0. The fourth-order valence-electron chi connectivity index (χ4n) is 7.68. The van der Waals surface area contributed by atoms with Gasteiger partial charge in [-0.05, 0) is 95.8 Å². The first-order valence-electron chi connectivity index (χ1n) is 16.6. The van der Waals surface area contributed by atoms with Gasteiger partial charge in [0.25, 0.3) is 0 Å². The van der Waals surface area contributed by atoms with Crippen LogP contribution in [0.3, 0.4) is 0 Å². The lowest BCUT2D eigenvalue weighted by molar-refractivity contribution is 0.967. The van der Waals surface area contributed by atoms with Crippen molar-refractivity contribution in [1.29, 1.82) is 15.8 Å². The normalized spacial score (nSPS) is 12.1. The maximum absolute atomic E-state index is 10.5. The predicted octanol–water partition coefficient (Wildman–Crippen LogP) is 10.6. The van der Waals surface area contributed by atoms with Crippen molar-refractivity contribution in [2.75, 3.05) is 0 Å². The second-order valence-electron chi connectivity index (χ2n) is 12.6. The third-order valence-electron chi connectivity index (χ3n) is 9.92. The summed E-state index contributed by atoms with van der Waals surface area (Å²) in [5.74, 6) is 0. The minimum Gasteiger partial charge on any atom is -0.310 e. The quantitative estimate of drug-likeness (QED) is 0.193. The lowest BCUT2D eigenvalue weighted by atomic mass is 9.94. The minimum absolute atomic E-state index is 0.308. The molecular weight excluding hydrogens is 611 g/mol. The van der Waals surface area contributed by atoms with Gasteiger partial charge in [-0.15, -0.1) is 0 Å². The van der Waals surface area contributed by atoms with Crippen LogP contribution in [0.2, 0.25) is 0 Å². The van der Waals surface area contributed by atoms with Crippen molar-refractivity contribution in [3.8, 4) is 51.8 Å². The Kier molecular flexibility index (Phi) is 6.70. The molecule has 9 rings (SSSR count). The molecule has 5 heteroatoms. The Morgan fingerprint density at radius 3 is 2.06 bits per heavy atom. The van der Waals surface area contributed by atoms with Gasteiger partial charge in [0.15, 0.2) is 0 Å². The van der Waals surface area contributed by atoms with Crippen LogP contribution in [-0.4, -0.2) is 9.13 Å². The number of aromatic nitrogens is 2. The number of allylic oxidation sites excluding steroid dienone is 1. The molecule has 2 heterocycles. The number of benzene rings is 6. The lowest BCUT2D eigenvalue weighted by Gasteiger charge is -2.17. The van der Waals surface area contributed by atoms with Gasteiger partial charge in [0.2, 0.25) is 0 Å². The molecule has 0 aliphatic heterocycles. The zero-order valence-electron chi connectivity index (χ0n) is 26.9. The van der Waals surface area contributed by atoms with Gasteiger partial charge < -0.3 is 9.13 Å². The SMILES string of the molecule is N#Cc1ccc2c(c1)c1ccccc1n2-c1c(-c2cccc(-c3ccc(-n4c5c(c6ccccc64)CCC=C5)cc3)c2)ccc(C#N)c1C#N. The first-order valence-corrected chi connectivity index (χ1v) is 16.6. The molecule has 6 aromatic carbocycles. The van der Waals surface area contributed by atoms with Gasteiger partial charge in [0.1, 0.15) is 12.1 Å². The summed E-state index contributed by atoms with van der Waals surface area (Å²) in [7, 11) is 0. The van der Waals surface area contributed by atoms with E-state index in [9.17, 15) is 15.8 Å². The predicted molar refractivity (Wildman–Crippen MR) is 200 cm³/mol. The molecule has 0 amide bonds. The maximum atomic E-state index is 10.5. The molecule has 2 aromatic heterocycles. The summed E-state index contributed by atoms with van der Waals surface area (Å²) in [6.45, 7) is 0. The molecule has 0 N–H and O–H groups in total. The van der Waals surface area contributed by atoms with Crippen molar-refractivity contribution < 1.29 is 0 Å². The first kappa shape index (κ1) is 29.0. The Morgan fingerprint density at radius 1 is 0.540 bits per heavy atom. The number of nitrogens with zero attached hydrogens (tertiary/aromatic N) is 5. The number of para-hydroxylation sites is 2. The standard InChI is InChI=1S/C45H27N5/c46-26-29-16-23-44-39(24-29)38-12-3-6-15-43(38)50(44)45-35(22-19-33(27-47)40(45)28-48)32-9-7-8-31(25-32)30-17-20-34(21-18-30)49-41-13-4-1-10-36(41)37-11-2-5-14-42(37)49/h1,3-10,12-25H,2,11H2. The van der Waals surface area contributed by atoms with E-state index in [0.29, 0.717) is 22.4 Å². The fraction of sp³-hybridized carbons (Fsp3) is 0.0444. The van der Waals surface area contributed by atoms with E-state index in [2.05, 4.69) is 106 Å². The molecule has 1 aliphatic carbocycles. The van der Waals surface area contributed by atoms with E-state index in [1.165, 1.54) is 22.2 Å². The summed E-state index contributed by atoms with van der Waals surface area (Å²) in [5.41, 5.74) is 12.5. The molecule has 0 atom stereocenters.